The van der Waals surface area contributed by atoms with Crippen LogP contribution in [0, 0.1) is 0 Å². The number of carbonyl (C=O) groups is 1. The van der Waals surface area contributed by atoms with Gasteiger partial charge in [0.2, 0.25) is 5.91 Å². The fraction of sp³-hybridized carbons (Fsp3) is 0.136. The third-order valence-corrected chi connectivity index (χ3v) is 6.33. The third-order valence-electron chi connectivity index (χ3n) is 5.24. The minimum Gasteiger partial charge on any atom is -0.325 e. The second-order valence-electron chi connectivity index (χ2n) is 7.36. The van der Waals surface area contributed by atoms with Gasteiger partial charge in [0.15, 0.2) is 11.2 Å². The number of imidazole rings is 1. The van der Waals surface area contributed by atoms with E-state index < -0.39 is 11.2 Å². The van der Waals surface area contributed by atoms with E-state index in [0.717, 1.165) is 25.4 Å². The molecule has 0 bridgehead atoms. The summed E-state index contributed by atoms with van der Waals surface area (Å²) in [4.78, 5) is 45.9. The number of para-hydroxylation sites is 1. The Balaban J connectivity index is 1.36. The van der Waals surface area contributed by atoms with Crippen molar-refractivity contribution in [2.75, 3.05) is 5.32 Å². The van der Waals surface area contributed by atoms with Crippen LogP contribution < -0.4 is 16.6 Å². The summed E-state index contributed by atoms with van der Waals surface area (Å²) in [7, 11) is 2.93. The van der Waals surface area contributed by atoms with Crippen LogP contribution >= 0.6 is 11.3 Å². The number of thiazole rings is 1. The zero-order valence-corrected chi connectivity index (χ0v) is 18.1. The Hall–Kier alpha value is -4.05. The van der Waals surface area contributed by atoms with E-state index in [1.807, 2.05) is 48.5 Å². The maximum absolute atomic E-state index is 12.6. The highest BCUT2D eigenvalue weighted by molar-refractivity contribution is 7.21. The largest absolute Gasteiger partial charge is 0.332 e. The predicted octanol–water partition coefficient (Wildman–Crippen LogP) is 2.35. The van der Waals surface area contributed by atoms with Crippen molar-refractivity contribution in [2.24, 2.45) is 14.1 Å². The number of nitrogens with one attached hydrogen (secondary N) is 1. The number of hydrogen-bond donors (Lipinski definition) is 1. The number of hydrogen-bond acceptors (Lipinski definition) is 6. The first kappa shape index (κ1) is 19.9. The van der Waals surface area contributed by atoms with Crippen molar-refractivity contribution in [2.45, 2.75) is 6.54 Å². The van der Waals surface area contributed by atoms with E-state index in [-0.39, 0.29) is 23.6 Å². The molecule has 1 amide bonds. The summed E-state index contributed by atoms with van der Waals surface area (Å²) < 4.78 is 4.85. The Morgan fingerprint density at radius 2 is 1.78 bits per heavy atom. The molecule has 0 atom stereocenters. The Kier molecular flexibility index (Phi) is 4.71. The molecule has 10 heteroatoms. The highest BCUT2D eigenvalue weighted by Crippen LogP contribution is 2.30. The molecule has 5 rings (SSSR count). The van der Waals surface area contributed by atoms with Gasteiger partial charge in [0, 0.05) is 25.3 Å². The molecule has 0 fully saturated rings. The van der Waals surface area contributed by atoms with E-state index in [2.05, 4.69) is 15.3 Å². The van der Waals surface area contributed by atoms with Gasteiger partial charge in [-0.3, -0.25) is 18.7 Å². The van der Waals surface area contributed by atoms with Gasteiger partial charge < -0.3 is 9.88 Å². The molecule has 0 aliphatic carbocycles. The molecule has 2 aromatic carbocycles. The molecular weight excluding hydrogens is 428 g/mol. The maximum atomic E-state index is 12.6. The van der Waals surface area contributed by atoms with Crippen molar-refractivity contribution in [3.63, 3.8) is 0 Å². The zero-order chi connectivity index (χ0) is 22.4. The highest BCUT2D eigenvalue weighted by Gasteiger charge is 2.16. The van der Waals surface area contributed by atoms with Gasteiger partial charge in [-0.05, 0) is 36.4 Å². The molecule has 32 heavy (non-hydrogen) atoms. The molecule has 160 valence electrons. The lowest BCUT2D eigenvalue weighted by Crippen LogP contribution is -2.37. The number of carbonyl (C=O) groups excluding carboxylic acids is 1. The molecule has 0 aliphatic rings. The number of rotatable bonds is 4. The second-order valence-corrected chi connectivity index (χ2v) is 8.39. The summed E-state index contributed by atoms with van der Waals surface area (Å²) in [5, 5.41) is 3.74. The van der Waals surface area contributed by atoms with Crippen LogP contribution in [0.4, 0.5) is 5.69 Å². The molecule has 9 nitrogen and oxygen atoms in total. The summed E-state index contributed by atoms with van der Waals surface area (Å²) in [5.41, 5.74) is 2.04. The van der Waals surface area contributed by atoms with Crippen molar-refractivity contribution < 1.29 is 4.79 Å². The predicted molar refractivity (Wildman–Crippen MR) is 124 cm³/mol. The molecule has 1 N–H and O–H groups in total. The van der Waals surface area contributed by atoms with Gasteiger partial charge in [-0.25, -0.2) is 14.8 Å². The van der Waals surface area contributed by atoms with Crippen LogP contribution in [0.5, 0.6) is 0 Å². The third kappa shape index (κ3) is 3.30. The Labute approximate surface area is 185 Å². The Bertz CT molecular complexity index is 1570. The van der Waals surface area contributed by atoms with Crippen molar-refractivity contribution in [3.05, 3.63) is 75.7 Å². The SMILES string of the molecule is Cn1c(=O)c2c(ncn2CC(=O)Nc2ccc(-c3nc4ccccc4s3)cc2)n(C)c1=O. The van der Waals surface area contributed by atoms with Crippen LogP contribution in [0.25, 0.3) is 32.0 Å². The first-order valence-electron chi connectivity index (χ1n) is 9.79. The van der Waals surface area contributed by atoms with Crippen molar-refractivity contribution in [3.8, 4) is 10.6 Å². The van der Waals surface area contributed by atoms with Crippen LogP contribution in [-0.4, -0.2) is 29.6 Å². The molecule has 0 radical (unpaired) electrons. The van der Waals surface area contributed by atoms with Gasteiger partial charge in [0.1, 0.15) is 11.6 Å². The smallest absolute Gasteiger partial charge is 0.325 e. The molecule has 5 aromatic rings. The lowest BCUT2D eigenvalue weighted by molar-refractivity contribution is -0.116. The van der Waals surface area contributed by atoms with Crippen LogP contribution in [0.2, 0.25) is 0 Å². The number of amides is 1. The molecule has 0 saturated carbocycles. The molecule has 3 heterocycles. The number of anilines is 1. The van der Waals surface area contributed by atoms with Crippen LogP contribution in [0.15, 0.2) is 64.4 Å². The minimum atomic E-state index is -0.492. The molecule has 0 aliphatic heterocycles. The van der Waals surface area contributed by atoms with E-state index in [4.69, 9.17) is 0 Å². The highest BCUT2D eigenvalue weighted by atomic mass is 32.1. The van der Waals surface area contributed by atoms with Crippen LogP contribution in [0.3, 0.4) is 0 Å². The van der Waals surface area contributed by atoms with E-state index in [0.29, 0.717) is 5.69 Å². The van der Waals surface area contributed by atoms with Crippen molar-refractivity contribution in [1.29, 1.82) is 0 Å². The standard InChI is InChI=1S/C22H18N6O3S/c1-26-19-18(21(30)27(2)22(26)31)28(12-23-19)11-17(29)24-14-9-7-13(8-10-14)20-25-15-5-3-4-6-16(15)32-20/h3-10,12H,11H2,1-2H3,(H,24,29). The molecular formula is C22H18N6O3S. The van der Waals surface area contributed by atoms with E-state index in [9.17, 15) is 14.4 Å². The number of fused-ring (bicyclic) bond motifs is 2. The Morgan fingerprint density at radius 1 is 1.03 bits per heavy atom. The maximum Gasteiger partial charge on any atom is 0.332 e. The van der Waals surface area contributed by atoms with Crippen molar-refractivity contribution in [1.82, 2.24) is 23.7 Å². The van der Waals surface area contributed by atoms with Crippen molar-refractivity contribution >= 4 is 44.3 Å². The molecule has 0 saturated heterocycles. The fourth-order valence-corrected chi connectivity index (χ4v) is 4.53. The van der Waals surface area contributed by atoms with Gasteiger partial charge >= 0.3 is 5.69 Å². The van der Waals surface area contributed by atoms with Gasteiger partial charge in [0.05, 0.1) is 16.5 Å². The first-order valence-corrected chi connectivity index (χ1v) is 10.6. The van der Waals surface area contributed by atoms with Gasteiger partial charge in [-0.15, -0.1) is 11.3 Å². The number of aromatic nitrogens is 5. The molecule has 0 spiro atoms. The van der Waals surface area contributed by atoms with Crippen LogP contribution in [-0.2, 0) is 25.4 Å². The summed E-state index contributed by atoms with van der Waals surface area (Å²) in [6, 6.07) is 15.4. The average Bonchev–Trinajstić information content (AvgIpc) is 3.41. The fourth-order valence-electron chi connectivity index (χ4n) is 3.56. The lowest BCUT2D eigenvalue weighted by Gasteiger charge is -2.08. The number of nitrogens with zero attached hydrogens (tertiary/aromatic N) is 5. The first-order chi connectivity index (χ1) is 15.4. The molecule has 0 unspecified atom stereocenters. The summed E-state index contributed by atoms with van der Waals surface area (Å²) in [5.74, 6) is -0.312. The van der Waals surface area contributed by atoms with Gasteiger partial charge in [-0.1, -0.05) is 12.1 Å². The normalized spacial score (nSPS) is 11.3. The summed E-state index contributed by atoms with van der Waals surface area (Å²) in [6.07, 6.45) is 1.39. The topological polar surface area (TPSA) is 104 Å². The monoisotopic (exact) mass is 446 g/mol. The second kappa shape index (κ2) is 7.57. The zero-order valence-electron chi connectivity index (χ0n) is 17.3. The Morgan fingerprint density at radius 3 is 2.53 bits per heavy atom. The van der Waals surface area contributed by atoms with Crippen LogP contribution in [0.1, 0.15) is 0 Å². The van der Waals surface area contributed by atoms with Gasteiger partial charge in [0.25, 0.3) is 5.56 Å². The van der Waals surface area contributed by atoms with E-state index in [1.165, 1.54) is 29.6 Å². The van der Waals surface area contributed by atoms with Gasteiger partial charge in [-0.2, -0.15) is 0 Å². The molecule has 3 aromatic heterocycles. The minimum absolute atomic E-state index is 0.108. The summed E-state index contributed by atoms with van der Waals surface area (Å²) >= 11 is 1.61. The van der Waals surface area contributed by atoms with E-state index in [1.54, 1.807) is 11.3 Å². The average molecular weight is 446 g/mol. The lowest BCUT2D eigenvalue weighted by atomic mass is 10.2. The quantitative estimate of drug-likeness (QED) is 0.456. The number of aryl methyl sites for hydroxylation is 1. The summed E-state index contributed by atoms with van der Waals surface area (Å²) in [6.45, 7) is -0.108. The number of benzene rings is 2. The van der Waals surface area contributed by atoms with E-state index >= 15 is 0 Å².